The number of anilines is 2. The van der Waals surface area contributed by atoms with E-state index in [2.05, 4.69) is 20.3 Å². The van der Waals surface area contributed by atoms with Crippen LogP contribution in [0.3, 0.4) is 0 Å². The maximum atomic E-state index is 11.3. The molecule has 1 aromatic rings. The summed E-state index contributed by atoms with van der Waals surface area (Å²) in [5, 5.41) is 3.04. The number of nitrogens with zero attached hydrogens (tertiary/aromatic N) is 4. The highest BCUT2D eigenvalue weighted by Crippen LogP contribution is 2.22. The average molecular weight is 280 g/mol. The third-order valence-corrected chi connectivity index (χ3v) is 3.23. The van der Waals surface area contributed by atoms with Gasteiger partial charge in [0.05, 0.1) is 13.0 Å². The minimum Gasteiger partial charge on any atom is -0.467 e. The number of ether oxygens (including phenoxy) is 1. The van der Waals surface area contributed by atoms with Gasteiger partial charge in [0, 0.05) is 19.6 Å². The summed E-state index contributed by atoms with van der Waals surface area (Å²) in [6, 6.07) is 0.257. The molecule has 0 aromatic carbocycles. The number of carbonyl (C=O) groups excluding carboxylic acids is 1. The molecule has 1 fully saturated rings. The second-order valence-corrected chi connectivity index (χ2v) is 4.66. The molecule has 0 radical (unpaired) electrons. The quantitative estimate of drug-likeness (QED) is 0.782. The molecule has 1 aliphatic rings. The second-order valence-electron chi connectivity index (χ2n) is 4.66. The molecule has 3 N–H and O–H groups in total. The van der Waals surface area contributed by atoms with E-state index in [9.17, 15) is 4.79 Å². The summed E-state index contributed by atoms with van der Waals surface area (Å²) in [7, 11) is 1.51. The SMILES string of the molecule is CCNc1nc(OC)nc(N2CCCC(C(N)=O)C2)n1. The van der Waals surface area contributed by atoms with Crippen LogP contribution in [0.1, 0.15) is 19.8 Å². The van der Waals surface area contributed by atoms with Gasteiger partial charge in [-0.3, -0.25) is 4.79 Å². The molecule has 110 valence electrons. The number of carbonyl (C=O) groups is 1. The zero-order valence-corrected chi connectivity index (χ0v) is 11.8. The summed E-state index contributed by atoms with van der Waals surface area (Å²) in [6.07, 6.45) is 1.70. The van der Waals surface area contributed by atoms with Crippen molar-refractivity contribution in [1.82, 2.24) is 15.0 Å². The summed E-state index contributed by atoms with van der Waals surface area (Å²) in [6.45, 7) is 3.99. The average Bonchev–Trinajstić information content (AvgIpc) is 2.47. The van der Waals surface area contributed by atoms with Crippen molar-refractivity contribution in [3.8, 4) is 6.01 Å². The lowest BCUT2D eigenvalue weighted by atomic mass is 9.98. The number of hydrogen-bond donors (Lipinski definition) is 2. The van der Waals surface area contributed by atoms with Crippen LogP contribution in [0, 0.1) is 5.92 Å². The van der Waals surface area contributed by atoms with Gasteiger partial charge < -0.3 is 20.7 Å². The first-order valence-corrected chi connectivity index (χ1v) is 6.72. The predicted molar refractivity (Wildman–Crippen MR) is 74.7 cm³/mol. The van der Waals surface area contributed by atoms with Crippen LogP contribution in [-0.2, 0) is 4.79 Å². The minimum atomic E-state index is -0.275. The zero-order valence-electron chi connectivity index (χ0n) is 11.8. The molecule has 2 heterocycles. The molecule has 1 atom stereocenters. The summed E-state index contributed by atoms with van der Waals surface area (Å²) < 4.78 is 5.09. The molecule has 0 bridgehead atoms. The Labute approximate surface area is 117 Å². The van der Waals surface area contributed by atoms with Crippen LogP contribution in [0.5, 0.6) is 6.01 Å². The lowest BCUT2D eigenvalue weighted by molar-refractivity contribution is -0.122. The van der Waals surface area contributed by atoms with E-state index in [0.29, 0.717) is 25.0 Å². The summed E-state index contributed by atoms with van der Waals surface area (Å²) in [4.78, 5) is 26.0. The van der Waals surface area contributed by atoms with E-state index in [0.717, 1.165) is 19.4 Å². The van der Waals surface area contributed by atoms with Gasteiger partial charge in [-0.05, 0) is 19.8 Å². The van der Waals surface area contributed by atoms with Crippen LogP contribution in [-0.4, -0.2) is 47.6 Å². The van der Waals surface area contributed by atoms with Gasteiger partial charge in [-0.1, -0.05) is 0 Å². The van der Waals surface area contributed by atoms with E-state index in [1.165, 1.54) is 7.11 Å². The van der Waals surface area contributed by atoms with Crippen LogP contribution in [0.2, 0.25) is 0 Å². The van der Waals surface area contributed by atoms with Crippen LogP contribution in [0.15, 0.2) is 0 Å². The van der Waals surface area contributed by atoms with E-state index in [1.807, 2.05) is 11.8 Å². The number of aromatic nitrogens is 3. The molecule has 1 aromatic heterocycles. The monoisotopic (exact) mass is 280 g/mol. The predicted octanol–water partition coefficient (Wildman–Crippen LogP) is 0.0137. The van der Waals surface area contributed by atoms with Crippen LogP contribution >= 0.6 is 0 Å². The largest absolute Gasteiger partial charge is 0.467 e. The molecule has 1 aliphatic heterocycles. The van der Waals surface area contributed by atoms with Crippen molar-refractivity contribution in [3.05, 3.63) is 0 Å². The van der Waals surface area contributed by atoms with E-state index in [4.69, 9.17) is 10.5 Å². The Morgan fingerprint density at radius 1 is 1.50 bits per heavy atom. The Bertz CT molecular complexity index is 481. The number of nitrogens with two attached hydrogens (primary N) is 1. The molecule has 0 aliphatic carbocycles. The molecule has 8 nitrogen and oxygen atoms in total. The Kier molecular flexibility index (Phi) is 4.54. The third-order valence-electron chi connectivity index (χ3n) is 3.23. The lowest BCUT2D eigenvalue weighted by Gasteiger charge is -2.31. The molecule has 20 heavy (non-hydrogen) atoms. The Morgan fingerprint density at radius 2 is 2.30 bits per heavy atom. The topological polar surface area (TPSA) is 106 Å². The molecule has 2 rings (SSSR count). The fourth-order valence-electron chi connectivity index (χ4n) is 2.21. The van der Waals surface area contributed by atoms with Gasteiger partial charge >= 0.3 is 6.01 Å². The lowest BCUT2D eigenvalue weighted by Crippen LogP contribution is -2.42. The number of nitrogens with one attached hydrogen (secondary N) is 1. The summed E-state index contributed by atoms with van der Waals surface area (Å²) >= 11 is 0. The Hall–Kier alpha value is -2.12. The van der Waals surface area contributed by atoms with Gasteiger partial charge in [-0.25, -0.2) is 0 Å². The molecule has 1 unspecified atom stereocenters. The maximum absolute atomic E-state index is 11.3. The van der Waals surface area contributed by atoms with E-state index in [-0.39, 0.29) is 17.8 Å². The first-order chi connectivity index (χ1) is 9.63. The van der Waals surface area contributed by atoms with Crippen molar-refractivity contribution in [3.63, 3.8) is 0 Å². The molecule has 0 spiro atoms. The summed E-state index contributed by atoms with van der Waals surface area (Å²) in [5.41, 5.74) is 5.39. The van der Waals surface area contributed by atoms with Gasteiger partial charge in [-0.15, -0.1) is 0 Å². The number of piperidine rings is 1. The Balaban J connectivity index is 2.21. The highest BCUT2D eigenvalue weighted by atomic mass is 16.5. The molecule has 1 amide bonds. The highest BCUT2D eigenvalue weighted by molar-refractivity contribution is 5.77. The number of methoxy groups -OCH3 is 1. The fourth-order valence-corrected chi connectivity index (χ4v) is 2.21. The van der Waals surface area contributed by atoms with Crippen LogP contribution in [0.25, 0.3) is 0 Å². The first kappa shape index (κ1) is 14.3. The molecular formula is C12H20N6O2. The number of amides is 1. The molecule has 1 saturated heterocycles. The number of primary amides is 1. The van der Waals surface area contributed by atoms with E-state index < -0.39 is 0 Å². The van der Waals surface area contributed by atoms with Gasteiger partial charge in [0.2, 0.25) is 17.8 Å². The number of hydrogen-bond acceptors (Lipinski definition) is 7. The van der Waals surface area contributed by atoms with E-state index in [1.54, 1.807) is 0 Å². The maximum Gasteiger partial charge on any atom is 0.322 e. The molecule has 0 saturated carbocycles. The fraction of sp³-hybridized carbons (Fsp3) is 0.667. The zero-order chi connectivity index (χ0) is 14.5. The molecular weight excluding hydrogens is 260 g/mol. The van der Waals surface area contributed by atoms with Crippen LogP contribution in [0.4, 0.5) is 11.9 Å². The van der Waals surface area contributed by atoms with Gasteiger partial charge in [0.25, 0.3) is 0 Å². The standard InChI is InChI=1S/C12H20N6O2/c1-3-14-10-15-11(17-12(16-10)20-2)18-6-4-5-8(7-18)9(13)19/h8H,3-7H2,1-2H3,(H2,13,19)(H,14,15,16,17). The van der Waals surface area contributed by atoms with Gasteiger partial charge in [0.1, 0.15) is 0 Å². The minimum absolute atomic E-state index is 0.158. The number of rotatable bonds is 5. The molecule has 8 heteroatoms. The van der Waals surface area contributed by atoms with Crippen molar-refractivity contribution in [2.45, 2.75) is 19.8 Å². The van der Waals surface area contributed by atoms with Crippen molar-refractivity contribution >= 4 is 17.8 Å². The first-order valence-electron chi connectivity index (χ1n) is 6.72. The third kappa shape index (κ3) is 3.25. The van der Waals surface area contributed by atoms with Gasteiger partial charge in [0.15, 0.2) is 0 Å². The second kappa shape index (κ2) is 6.36. The van der Waals surface area contributed by atoms with Crippen LogP contribution < -0.4 is 20.7 Å². The van der Waals surface area contributed by atoms with Crippen molar-refractivity contribution in [1.29, 1.82) is 0 Å². The van der Waals surface area contributed by atoms with Gasteiger partial charge in [-0.2, -0.15) is 15.0 Å². The van der Waals surface area contributed by atoms with E-state index >= 15 is 0 Å². The highest BCUT2D eigenvalue weighted by Gasteiger charge is 2.26. The van der Waals surface area contributed by atoms with Crippen molar-refractivity contribution in [2.75, 3.05) is 37.0 Å². The van der Waals surface area contributed by atoms with Crippen molar-refractivity contribution in [2.24, 2.45) is 11.7 Å². The summed E-state index contributed by atoms with van der Waals surface area (Å²) in [5.74, 6) is 0.547. The Morgan fingerprint density at radius 3 is 2.95 bits per heavy atom. The smallest absolute Gasteiger partial charge is 0.322 e. The normalized spacial score (nSPS) is 18.7. The van der Waals surface area contributed by atoms with Crippen molar-refractivity contribution < 1.29 is 9.53 Å².